The first kappa shape index (κ1) is 15.9. The van der Waals surface area contributed by atoms with Crippen molar-refractivity contribution in [2.75, 3.05) is 19.7 Å². The number of carbonyl (C=O) groups excluding carboxylic acids is 1. The van der Waals surface area contributed by atoms with E-state index in [9.17, 15) is 9.59 Å². The van der Waals surface area contributed by atoms with Gasteiger partial charge in [-0.1, -0.05) is 30.1 Å². The van der Waals surface area contributed by atoms with Crippen LogP contribution < -0.4 is 4.74 Å². The third-order valence-electron chi connectivity index (χ3n) is 3.54. The van der Waals surface area contributed by atoms with Crippen molar-refractivity contribution >= 4 is 35.1 Å². The lowest BCUT2D eigenvalue weighted by Gasteiger charge is -2.16. The van der Waals surface area contributed by atoms with Crippen molar-refractivity contribution in [2.45, 2.75) is 6.92 Å². The Bertz CT molecular complexity index is 564. The maximum atomic E-state index is 12.0. The number of halogens is 2. The molecule has 0 saturated carbocycles. The lowest BCUT2D eigenvalue weighted by atomic mass is 9.99. The Morgan fingerprint density at radius 1 is 1.33 bits per heavy atom. The maximum Gasteiger partial charge on any atom is 0.308 e. The minimum atomic E-state index is -0.872. The Kier molecular flexibility index (Phi) is 4.96. The fraction of sp³-hybridized carbons (Fsp3) is 0.429. The van der Waals surface area contributed by atoms with E-state index in [0.717, 1.165) is 0 Å². The second-order valence-electron chi connectivity index (χ2n) is 5.09. The Hall–Kier alpha value is -1.46. The number of likely N-dealkylation sites (tertiary alicyclic amines) is 1. The Morgan fingerprint density at radius 2 is 2.05 bits per heavy atom. The predicted octanol–water partition coefficient (Wildman–Crippen LogP) is 2.55. The van der Waals surface area contributed by atoms with Crippen LogP contribution in [0.15, 0.2) is 18.2 Å². The van der Waals surface area contributed by atoms with Gasteiger partial charge in [-0.25, -0.2) is 0 Å². The van der Waals surface area contributed by atoms with E-state index >= 15 is 0 Å². The normalized spacial score (nSPS) is 21.4. The molecule has 21 heavy (non-hydrogen) atoms. The number of aliphatic carboxylic acids is 1. The number of carboxylic acid groups (broad SMARTS) is 1. The highest BCUT2D eigenvalue weighted by atomic mass is 35.5. The molecule has 0 radical (unpaired) electrons. The summed E-state index contributed by atoms with van der Waals surface area (Å²) >= 11 is 11.6. The van der Waals surface area contributed by atoms with Gasteiger partial charge in [0.2, 0.25) is 0 Å². The largest absolute Gasteiger partial charge is 0.484 e. The molecule has 1 aliphatic heterocycles. The third kappa shape index (κ3) is 3.80. The fourth-order valence-corrected chi connectivity index (χ4v) is 2.58. The molecule has 2 rings (SSSR count). The lowest BCUT2D eigenvalue weighted by molar-refractivity contribution is -0.142. The number of amides is 1. The van der Waals surface area contributed by atoms with E-state index in [1.54, 1.807) is 12.1 Å². The molecule has 0 unspecified atom stereocenters. The Balaban J connectivity index is 1.90. The summed E-state index contributed by atoms with van der Waals surface area (Å²) in [6.07, 6.45) is 0. The van der Waals surface area contributed by atoms with Gasteiger partial charge in [0.05, 0.1) is 16.0 Å². The van der Waals surface area contributed by atoms with Crippen LogP contribution in [0.2, 0.25) is 10.0 Å². The predicted molar refractivity (Wildman–Crippen MR) is 78.8 cm³/mol. The number of carbonyl (C=O) groups is 2. The molecule has 0 aliphatic carbocycles. The molecule has 1 aliphatic rings. The summed E-state index contributed by atoms with van der Waals surface area (Å²) in [5.74, 6) is -1.24. The highest BCUT2D eigenvalue weighted by Crippen LogP contribution is 2.27. The van der Waals surface area contributed by atoms with Crippen LogP contribution >= 0.6 is 23.2 Å². The Labute approximate surface area is 132 Å². The standard InChI is InChI=1S/C14H15Cl2NO4/c1-8-5-17(6-10(8)14(19)20)13(18)7-21-9-2-3-11(15)12(16)4-9/h2-4,8,10H,5-7H2,1H3,(H,19,20)/t8-,10-/m1/s1. The summed E-state index contributed by atoms with van der Waals surface area (Å²) in [7, 11) is 0. The van der Waals surface area contributed by atoms with Gasteiger partial charge < -0.3 is 14.7 Å². The number of carboxylic acids is 1. The molecule has 0 aromatic heterocycles. The van der Waals surface area contributed by atoms with E-state index in [0.29, 0.717) is 22.3 Å². The summed E-state index contributed by atoms with van der Waals surface area (Å²) in [6, 6.07) is 4.74. The Morgan fingerprint density at radius 3 is 2.62 bits per heavy atom. The molecule has 0 spiro atoms. The van der Waals surface area contributed by atoms with Gasteiger partial charge in [-0.3, -0.25) is 9.59 Å². The van der Waals surface area contributed by atoms with Crippen LogP contribution in [-0.4, -0.2) is 41.6 Å². The van der Waals surface area contributed by atoms with Gasteiger partial charge in [0, 0.05) is 19.2 Å². The molecule has 114 valence electrons. The zero-order valence-corrected chi connectivity index (χ0v) is 12.9. The van der Waals surface area contributed by atoms with E-state index in [4.69, 9.17) is 33.0 Å². The topological polar surface area (TPSA) is 66.8 Å². The number of hydrogen-bond donors (Lipinski definition) is 1. The minimum absolute atomic E-state index is 0.0589. The zero-order valence-electron chi connectivity index (χ0n) is 11.4. The van der Waals surface area contributed by atoms with Gasteiger partial charge in [0.1, 0.15) is 5.75 Å². The van der Waals surface area contributed by atoms with Crippen molar-refractivity contribution in [1.29, 1.82) is 0 Å². The van der Waals surface area contributed by atoms with Crippen LogP contribution in [0.4, 0.5) is 0 Å². The van der Waals surface area contributed by atoms with E-state index < -0.39 is 11.9 Å². The number of nitrogens with zero attached hydrogens (tertiary/aromatic N) is 1. The smallest absolute Gasteiger partial charge is 0.308 e. The molecule has 5 nitrogen and oxygen atoms in total. The highest BCUT2D eigenvalue weighted by Gasteiger charge is 2.36. The molecule has 0 bridgehead atoms. The van der Waals surface area contributed by atoms with Crippen molar-refractivity contribution in [3.8, 4) is 5.75 Å². The van der Waals surface area contributed by atoms with E-state index in [1.165, 1.54) is 11.0 Å². The molecule has 1 saturated heterocycles. The highest BCUT2D eigenvalue weighted by molar-refractivity contribution is 6.42. The summed E-state index contributed by atoms with van der Waals surface area (Å²) in [4.78, 5) is 24.6. The van der Waals surface area contributed by atoms with Crippen LogP contribution in [-0.2, 0) is 9.59 Å². The van der Waals surface area contributed by atoms with Gasteiger partial charge in [0.15, 0.2) is 6.61 Å². The van der Waals surface area contributed by atoms with E-state index in [-0.39, 0.29) is 25.0 Å². The van der Waals surface area contributed by atoms with Gasteiger partial charge in [-0.15, -0.1) is 0 Å². The second-order valence-corrected chi connectivity index (χ2v) is 5.90. The van der Waals surface area contributed by atoms with Gasteiger partial charge in [-0.2, -0.15) is 0 Å². The van der Waals surface area contributed by atoms with Gasteiger partial charge >= 0.3 is 5.97 Å². The quantitative estimate of drug-likeness (QED) is 0.920. The first-order valence-corrected chi connectivity index (χ1v) is 7.22. The first-order chi connectivity index (χ1) is 9.88. The molecule has 2 atom stereocenters. The molecule has 1 aromatic carbocycles. The molecular weight excluding hydrogens is 317 g/mol. The van der Waals surface area contributed by atoms with Crippen molar-refractivity contribution in [3.05, 3.63) is 28.2 Å². The first-order valence-electron chi connectivity index (χ1n) is 6.47. The zero-order chi connectivity index (χ0) is 15.6. The van der Waals surface area contributed by atoms with Gasteiger partial charge in [0.25, 0.3) is 5.91 Å². The lowest BCUT2D eigenvalue weighted by Crippen LogP contribution is -2.33. The number of hydrogen-bond acceptors (Lipinski definition) is 3. The number of rotatable bonds is 4. The third-order valence-corrected chi connectivity index (χ3v) is 4.27. The van der Waals surface area contributed by atoms with E-state index in [2.05, 4.69) is 0 Å². The summed E-state index contributed by atoms with van der Waals surface area (Å²) in [6.45, 7) is 2.32. The maximum absolute atomic E-state index is 12.0. The molecule has 1 fully saturated rings. The van der Waals surface area contributed by atoms with Gasteiger partial charge in [-0.05, 0) is 18.1 Å². The number of benzene rings is 1. The molecule has 1 amide bonds. The number of ether oxygens (including phenoxy) is 1. The second kappa shape index (κ2) is 6.54. The molecule has 1 aromatic rings. The van der Waals surface area contributed by atoms with Crippen LogP contribution in [0.1, 0.15) is 6.92 Å². The van der Waals surface area contributed by atoms with Crippen molar-refractivity contribution < 1.29 is 19.4 Å². The SMILES string of the molecule is C[C@@H]1CN(C(=O)COc2ccc(Cl)c(Cl)c2)C[C@H]1C(=O)O. The summed E-state index contributed by atoms with van der Waals surface area (Å²) in [5.41, 5.74) is 0. The minimum Gasteiger partial charge on any atom is -0.484 e. The summed E-state index contributed by atoms with van der Waals surface area (Å²) in [5, 5.41) is 9.81. The summed E-state index contributed by atoms with van der Waals surface area (Å²) < 4.78 is 5.37. The molecule has 1 heterocycles. The average molecular weight is 332 g/mol. The fourth-order valence-electron chi connectivity index (χ4n) is 2.29. The van der Waals surface area contributed by atoms with Crippen molar-refractivity contribution in [2.24, 2.45) is 11.8 Å². The van der Waals surface area contributed by atoms with E-state index in [1.807, 2.05) is 6.92 Å². The molecule has 7 heteroatoms. The molecular formula is C14H15Cl2NO4. The van der Waals surface area contributed by atoms with Crippen molar-refractivity contribution in [3.63, 3.8) is 0 Å². The van der Waals surface area contributed by atoms with Crippen LogP contribution in [0.25, 0.3) is 0 Å². The molecule has 1 N–H and O–H groups in total. The van der Waals surface area contributed by atoms with Crippen molar-refractivity contribution in [1.82, 2.24) is 4.90 Å². The van der Waals surface area contributed by atoms with Crippen LogP contribution in [0.5, 0.6) is 5.75 Å². The van der Waals surface area contributed by atoms with Crippen LogP contribution in [0.3, 0.4) is 0 Å². The average Bonchev–Trinajstić information content (AvgIpc) is 2.82. The van der Waals surface area contributed by atoms with Crippen LogP contribution in [0, 0.1) is 11.8 Å². The monoisotopic (exact) mass is 331 g/mol.